The van der Waals surface area contributed by atoms with E-state index in [1.165, 1.54) is 7.11 Å². The van der Waals surface area contributed by atoms with Crippen molar-refractivity contribution < 1.29 is 9.53 Å². The minimum atomic E-state index is -0.996. The van der Waals surface area contributed by atoms with Crippen LogP contribution in [0.15, 0.2) is 15.8 Å². The van der Waals surface area contributed by atoms with Crippen LogP contribution >= 0.6 is 11.6 Å². The van der Waals surface area contributed by atoms with Crippen LogP contribution in [0.4, 0.5) is 0 Å². The van der Waals surface area contributed by atoms with Crippen LogP contribution in [0, 0.1) is 0 Å². The number of nitrogens with one attached hydrogen (secondary N) is 1. The van der Waals surface area contributed by atoms with Crippen molar-refractivity contribution in [2.75, 3.05) is 7.11 Å². The molecule has 1 rings (SSSR count). The number of H-pyrrole nitrogens is 1. The first-order valence-electron chi connectivity index (χ1n) is 4.28. The summed E-state index contributed by atoms with van der Waals surface area (Å²) in [6.07, 6.45) is 1.12. The fraction of sp³-hybridized carbons (Fsp3) is 0.375. The van der Waals surface area contributed by atoms with E-state index in [4.69, 9.17) is 17.3 Å². The number of aromatic nitrogens is 2. The summed E-state index contributed by atoms with van der Waals surface area (Å²) in [6, 6.07) is -0.996. The number of carbonyl (C=O) groups excluding carboxylic acids is 1. The highest BCUT2D eigenvalue weighted by atomic mass is 35.5. The first-order chi connectivity index (χ1) is 7.45. The quantitative estimate of drug-likeness (QED) is 0.645. The lowest BCUT2D eigenvalue weighted by Gasteiger charge is -2.10. The molecule has 0 fully saturated rings. The summed E-state index contributed by atoms with van der Waals surface area (Å²) in [5.74, 6) is -0.658. The predicted octanol–water partition coefficient (Wildman–Crippen LogP) is -1.31. The molecule has 0 saturated heterocycles. The summed E-state index contributed by atoms with van der Waals surface area (Å²) in [4.78, 5) is 35.2. The molecule has 0 aliphatic rings. The summed E-state index contributed by atoms with van der Waals surface area (Å²) in [5.41, 5.74) is 4.08. The van der Waals surface area contributed by atoms with Crippen LogP contribution < -0.4 is 17.0 Å². The smallest absolute Gasteiger partial charge is 0.328 e. The summed E-state index contributed by atoms with van der Waals surface area (Å²) < 4.78 is 5.43. The van der Waals surface area contributed by atoms with Crippen LogP contribution in [0.2, 0.25) is 5.02 Å². The molecule has 0 amide bonds. The zero-order valence-electron chi connectivity index (χ0n) is 8.40. The Hall–Kier alpha value is -1.60. The molecule has 0 aromatic carbocycles. The second-order valence-corrected chi connectivity index (χ2v) is 3.43. The molecule has 1 aromatic rings. The maximum Gasteiger partial charge on any atom is 0.328 e. The van der Waals surface area contributed by atoms with Crippen LogP contribution in [0.1, 0.15) is 0 Å². The molecular weight excluding hydrogens is 238 g/mol. The first kappa shape index (κ1) is 12.5. The van der Waals surface area contributed by atoms with Gasteiger partial charge in [-0.3, -0.25) is 19.1 Å². The van der Waals surface area contributed by atoms with Gasteiger partial charge in [0, 0.05) is 6.20 Å². The lowest BCUT2D eigenvalue weighted by molar-refractivity contribution is -0.142. The van der Waals surface area contributed by atoms with E-state index in [0.717, 1.165) is 10.8 Å². The van der Waals surface area contributed by atoms with Gasteiger partial charge in [-0.2, -0.15) is 0 Å². The van der Waals surface area contributed by atoms with E-state index < -0.39 is 23.3 Å². The third-order valence-corrected chi connectivity index (χ3v) is 2.13. The summed E-state index contributed by atoms with van der Waals surface area (Å²) in [7, 11) is 1.19. The van der Waals surface area contributed by atoms with Crippen LogP contribution in [-0.4, -0.2) is 28.7 Å². The Kier molecular flexibility index (Phi) is 3.86. The Morgan fingerprint density at radius 1 is 1.69 bits per heavy atom. The molecule has 16 heavy (non-hydrogen) atoms. The molecule has 88 valence electrons. The standard InChI is InChI=1S/C8H10ClN3O4/c1-16-7(14)5(10)3-12-2-4(9)6(13)11-8(12)15/h2,5H,3,10H2,1H3,(H,11,13,15)/t5-/m1/s1. The molecule has 1 atom stereocenters. The van der Waals surface area contributed by atoms with Gasteiger partial charge < -0.3 is 10.5 Å². The molecule has 3 N–H and O–H groups in total. The normalized spacial score (nSPS) is 12.2. The van der Waals surface area contributed by atoms with Crippen molar-refractivity contribution in [3.63, 3.8) is 0 Å². The highest BCUT2D eigenvalue weighted by Gasteiger charge is 2.15. The number of aromatic amines is 1. The van der Waals surface area contributed by atoms with Gasteiger partial charge >= 0.3 is 11.7 Å². The number of methoxy groups -OCH3 is 1. The Balaban J connectivity index is 2.98. The number of hydrogen-bond acceptors (Lipinski definition) is 5. The van der Waals surface area contributed by atoms with Gasteiger partial charge in [0.05, 0.1) is 13.7 Å². The van der Waals surface area contributed by atoms with Crippen molar-refractivity contribution in [2.45, 2.75) is 12.6 Å². The fourth-order valence-electron chi connectivity index (χ4n) is 1.06. The molecule has 7 nitrogen and oxygen atoms in total. The zero-order valence-corrected chi connectivity index (χ0v) is 9.15. The Morgan fingerprint density at radius 3 is 2.88 bits per heavy atom. The zero-order chi connectivity index (χ0) is 12.3. The second-order valence-electron chi connectivity index (χ2n) is 3.02. The molecule has 1 heterocycles. The SMILES string of the molecule is COC(=O)[C@H](N)Cn1cc(Cl)c(=O)[nH]c1=O. The average molecular weight is 248 g/mol. The van der Waals surface area contributed by atoms with Crippen LogP contribution in [0.5, 0.6) is 0 Å². The minimum absolute atomic E-state index is 0.123. The molecule has 0 saturated carbocycles. The number of rotatable bonds is 3. The van der Waals surface area contributed by atoms with Gasteiger partial charge in [-0.25, -0.2) is 4.79 Å². The number of carbonyl (C=O) groups is 1. The number of nitrogens with two attached hydrogens (primary N) is 1. The van der Waals surface area contributed by atoms with Gasteiger partial charge in [0.2, 0.25) is 0 Å². The van der Waals surface area contributed by atoms with E-state index in [1.807, 2.05) is 4.98 Å². The molecule has 0 bridgehead atoms. The molecule has 0 spiro atoms. The van der Waals surface area contributed by atoms with Gasteiger partial charge in [0.1, 0.15) is 11.1 Å². The van der Waals surface area contributed by atoms with E-state index in [-0.39, 0.29) is 11.6 Å². The van der Waals surface area contributed by atoms with Crippen molar-refractivity contribution in [2.24, 2.45) is 5.73 Å². The number of nitrogens with zero attached hydrogens (tertiary/aromatic N) is 1. The molecule has 0 aliphatic carbocycles. The summed E-state index contributed by atoms with van der Waals surface area (Å²) in [6.45, 7) is -0.123. The Labute approximate surface area is 94.8 Å². The van der Waals surface area contributed by atoms with Crippen LogP contribution in [-0.2, 0) is 16.1 Å². The number of ether oxygens (including phenoxy) is 1. The number of halogens is 1. The molecule has 1 aromatic heterocycles. The lowest BCUT2D eigenvalue weighted by Crippen LogP contribution is -2.40. The van der Waals surface area contributed by atoms with Crippen molar-refractivity contribution >= 4 is 17.6 Å². The molecule has 0 unspecified atom stereocenters. The molecular formula is C8H10ClN3O4. The maximum absolute atomic E-state index is 11.3. The summed E-state index contributed by atoms with van der Waals surface area (Å²) in [5, 5.41) is -0.156. The molecule has 0 aliphatic heterocycles. The molecule has 0 radical (unpaired) electrons. The van der Waals surface area contributed by atoms with E-state index >= 15 is 0 Å². The van der Waals surface area contributed by atoms with Gasteiger partial charge in [-0.05, 0) is 0 Å². The van der Waals surface area contributed by atoms with Gasteiger partial charge in [-0.1, -0.05) is 11.6 Å². The number of esters is 1. The van der Waals surface area contributed by atoms with Crippen LogP contribution in [0.25, 0.3) is 0 Å². The highest BCUT2D eigenvalue weighted by molar-refractivity contribution is 6.30. The van der Waals surface area contributed by atoms with E-state index in [2.05, 4.69) is 4.74 Å². The van der Waals surface area contributed by atoms with Crippen molar-refractivity contribution in [3.8, 4) is 0 Å². The lowest BCUT2D eigenvalue weighted by atomic mass is 10.3. The topological polar surface area (TPSA) is 107 Å². The average Bonchev–Trinajstić information content (AvgIpc) is 2.24. The van der Waals surface area contributed by atoms with Crippen molar-refractivity contribution in [1.29, 1.82) is 0 Å². The van der Waals surface area contributed by atoms with Crippen molar-refractivity contribution in [1.82, 2.24) is 9.55 Å². The maximum atomic E-state index is 11.3. The largest absolute Gasteiger partial charge is 0.468 e. The van der Waals surface area contributed by atoms with Gasteiger partial charge in [0.15, 0.2) is 0 Å². The van der Waals surface area contributed by atoms with E-state index in [9.17, 15) is 14.4 Å². The second kappa shape index (κ2) is 4.95. The highest BCUT2D eigenvalue weighted by Crippen LogP contribution is 1.97. The van der Waals surface area contributed by atoms with E-state index in [0.29, 0.717) is 0 Å². The monoisotopic (exact) mass is 247 g/mol. The van der Waals surface area contributed by atoms with Gasteiger partial charge in [0.25, 0.3) is 5.56 Å². The predicted molar refractivity (Wildman–Crippen MR) is 56.3 cm³/mol. The minimum Gasteiger partial charge on any atom is -0.468 e. The molecule has 8 heteroatoms. The summed E-state index contributed by atoms with van der Waals surface area (Å²) >= 11 is 5.52. The fourth-order valence-corrected chi connectivity index (χ4v) is 1.22. The Morgan fingerprint density at radius 2 is 2.31 bits per heavy atom. The van der Waals surface area contributed by atoms with E-state index in [1.54, 1.807) is 0 Å². The van der Waals surface area contributed by atoms with Gasteiger partial charge in [-0.15, -0.1) is 0 Å². The third-order valence-electron chi connectivity index (χ3n) is 1.86. The number of hydrogen-bond donors (Lipinski definition) is 2. The van der Waals surface area contributed by atoms with Crippen molar-refractivity contribution in [3.05, 3.63) is 32.1 Å². The first-order valence-corrected chi connectivity index (χ1v) is 4.66. The third kappa shape index (κ3) is 2.71. The Bertz CT molecular complexity index is 507. The van der Waals surface area contributed by atoms with Crippen LogP contribution in [0.3, 0.4) is 0 Å².